The largest absolute Gasteiger partial charge is 0.497 e. The first kappa shape index (κ1) is 13.4. The Hall–Kier alpha value is -0.710. The van der Waals surface area contributed by atoms with Gasteiger partial charge in [0.05, 0.1) is 13.2 Å². The lowest BCUT2D eigenvalue weighted by atomic mass is 10.2. The van der Waals surface area contributed by atoms with Crippen molar-refractivity contribution in [2.24, 2.45) is 0 Å². The zero-order valence-corrected chi connectivity index (χ0v) is 10.8. The van der Waals surface area contributed by atoms with Gasteiger partial charge in [0.15, 0.2) is 0 Å². The summed E-state index contributed by atoms with van der Waals surface area (Å²) in [7, 11) is 3.50. The van der Waals surface area contributed by atoms with Crippen LogP contribution in [0.15, 0.2) is 23.1 Å². The van der Waals surface area contributed by atoms with Crippen LogP contribution < -0.4 is 10.1 Å². The molecule has 0 heterocycles. The van der Waals surface area contributed by atoms with E-state index in [0.717, 1.165) is 5.75 Å². The third-order valence-electron chi connectivity index (χ3n) is 2.25. The zero-order chi connectivity index (χ0) is 12.0. The molecule has 0 saturated carbocycles. The lowest BCUT2D eigenvalue weighted by molar-refractivity contribution is 0.199. The molecular weight excluding hydrogens is 222 g/mol. The maximum absolute atomic E-state index is 9.59. The monoisotopic (exact) mass is 241 g/mol. The van der Waals surface area contributed by atoms with Crippen LogP contribution in [0, 0.1) is 6.92 Å². The van der Waals surface area contributed by atoms with Gasteiger partial charge in [-0.3, -0.25) is 0 Å². The van der Waals surface area contributed by atoms with Gasteiger partial charge < -0.3 is 15.2 Å². The van der Waals surface area contributed by atoms with Gasteiger partial charge in [0.2, 0.25) is 0 Å². The van der Waals surface area contributed by atoms with E-state index in [-0.39, 0.29) is 6.10 Å². The summed E-state index contributed by atoms with van der Waals surface area (Å²) in [5.74, 6) is 1.58. The predicted octanol–water partition coefficient (Wildman–Crippen LogP) is 1.68. The van der Waals surface area contributed by atoms with Crippen molar-refractivity contribution in [1.82, 2.24) is 5.32 Å². The van der Waals surface area contributed by atoms with Crippen molar-refractivity contribution in [1.29, 1.82) is 0 Å². The fourth-order valence-electron chi connectivity index (χ4n) is 1.39. The molecule has 1 atom stereocenters. The van der Waals surface area contributed by atoms with Crippen LogP contribution in [0.5, 0.6) is 5.75 Å². The van der Waals surface area contributed by atoms with Gasteiger partial charge in [-0.05, 0) is 37.7 Å². The molecule has 0 fully saturated rings. The Labute approximate surface area is 101 Å². The summed E-state index contributed by atoms with van der Waals surface area (Å²) >= 11 is 1.67. The third kappa shape index (κ3) is 4.04. The number of aliphatic hydroxyl groups excluding tert-OH is 1. The molecule has 90 valence electrons. The third-order valence-corrected chi connectivity index (χ3v) is 3.57. The van der Waals surface area contributed by atoms with Crippen LogP contribution in [0.4, 0.5) is 0 Å². The fraction of sp³-hybridized carbons (Fsp3) is 0.500. The minimum atomic E-state index is -0.309. The van der Waals surface area contributed by atoms with Crippen molar-refractivity contribution in [3.8, 4) is 5.75 Å². The number of rotatable bonds is 6. The van der Waals surface area contributed by atoms with Gasteiger partial charge in [0, 0.05) is 17.2 Å². The Kier molecular flexibility index (Phi) is 5.66. The van der Waals surface area contributed by atoms with Crippen LogP contribution >= 0.6 is 11.8 Å². The Morgan fingerprint density at radius 2 is 2.25 bits per heavy atom. The maximum atomic E-state index is 9.59. The van der Waals surface area contributed by atoms with Gasteiger partial charge in [0.25, 0.3) is 0 Å². The van der Waals surface area contributed by atoms with E-state index in [9.17, 15) is 5.11 Å². The highest BCUT2D eigenvalue weighted by atomic mass is 32.2. The smallest absolute Gasteiger partial charge is 0.119 e. The summed E-state index contributed by atoms with van der Waals surface area (Å²) < 4.78 is 5.15. The van der Waals surface area contributed by atoms with Gasteiger partial charge in [-0.15, -0.1) is 11.8 Å². The van der Waals surface area contributed by atoms with Gasteiger partial charge in [0.1, 0.15) is 5.75 Å². The molecule has 1 rings (SSSR count). The lowest BCUT2D eigenvalue weighted by Crippen LogP contribution is -2.25. The second-order valence-corrected chi connectivity index (χ2v) is 4.72. The minimum absolute atomic E-state index is 0.309. The molecule has 16 heavy (non-hydrogen) atoms. The minimum Gasteiger partial charge on any atom is -0.497 e. The Bertz CT molecular complexity index is 331. The molecule has 0 aliphatic heterocycles. The first-order valence-corrected chi connectivity index (χ1v) is 6.26. The second kappa shape index (κ2) is 6.78. The number of aryl methyl sites for hydroxylation is 1. The molecule has 1 aromatic carbocycles. The highest BCUT2D eigenvalue weighted by molar-refractivity contribution is 7.99. The molecule has 0 aromatic heterocycles. The molecule has 0 amide bonds. The van der Waals surface area contributed by atoms with E-state index < -0.39 is 0 Å². The molecule has 3 nitrogen and oxygen atoms in total. The number of aliphatic hydroxyl groups is 1. The maximum Gasteiger partial charge on any atom is 0.119 e. The molecule has 1 aromatic rings. The van der Waals surface area contributed by atoms with Gasteiger partial charge in [-0.25, -0.2) is 0 Å². The number of benzene rings is 1. The molecule has 0 spiro atoms. The number of methoxy groups -OCH3 is 1. The number of likely N-dealkylation sites (N-methyl/N-ethyl adjacent to an activating group) is 1. The first-order valence-electron chi connectivity index (χ1n) is 5.27. The Morgan fingerprint density at radius 3 is 2.81 bits per heavy atom. The van der Waals surface area contributed by atoms with Crippen molar-refractivity contribution in [2.45, 2.75) is 17.9 Å². The first-order chi connectivity index (χ1) is 7.67. The van der Waals surface area contributed by atoms with Crippen LogP contribution in [-0.2, 0) is 0 Å². The summed E-state index contributed by atoms with van der Waals surface area (Å²) in [6.45, 7) is 2.68. The quantitative estimate of drug-likeness (QED) is 0.744. The van der Waals surface area contributed by atoms with Crippen LogP contribution in [-0.4, -0.2) is 37.7 Å². The van der Waals surface area contributed by atoms with Gasteiger partial charge >= 0.3 is 0 Å². The number of nitrogens with one attached hydrogen (secondary N) is 1. The number of ether oxygens (including phenoxy) is 1. The molecule has 0 aliphatic carbocycles. The van der Waals surface area contributed by atoms with Crippen molar-refractivity contribution in [2.75, 3.05) is 26.5 Å². The van der Waals surface area contributed by atoms with Gasteiger partial charge in [-0.1, -0.05) is 0 Å². The normalized spacial score (nSPS) is 12.5. The van der Waals surface area contributed by atoms with Gasteiger partial charge in [-0.2, -0.15) is 0 Å². The summed E-state index contributed by atoms with van der Waals surface area (Å²) in [5, 5.41) is 12.5. The van der Waals surface area contributed by atoms with E-state index in [2.05, 4.69) is 12.2 Å². The van der Waals surface area contributed by atoms with Crippen molar-refractivity contribution in [3.05, 3.63) is 23.8 Å². The SMILES string of the molecule is CNCC(O)CSc1ccc(OC)cc1C. The highest BCUT2D eigenvalue weighted by Gasteiger charge is 2.06. The van der Waals surface area contributed by atoms with Crippen molar-refractivity contribution >= 4 is 11.8 Å². The summed E-state index contributed by atoms with van der Waals surface area (Å²) in [5.41, 5.74) is 1.18. The average Bonchev–Trinajstić information content (AvgIpc) is 2.27. The molecule has 2 N–H and O–H groups in total. The number of hydrogen-bond donors (Lipinski definition) is 2. The molecule has 1 unspecified atom stereocenters. The number of hydrogen-bond acceptors (Lipinski definition) is 4. The average molecular weight is 241 g/mol. The van der Waals surface area contributed by atoms with E-state index >= 15 is 0 Å². The Balaban J connectivity index is 2.54. The van der Waals surface area contributed by atoms with Crippen molar-refractivity contribution in [3.63, 3.8) is 0 Å². The predicted molar refractivity (Wildman–Crippen MR) is 68.4 cm³/mol. The van der Waals surface area contributed by atoms with E-state index in [4.69, 9.17) is 4.74 Å². The van der Waals surface area contributed by atoms with Crippen LogP contribution in [0.25, 0.3) is 0 Å². The molecular formula is C12H19NO2S. The second-order valence-electron chi connectivity index (χ2n) is 3.65. The molecule has 0 aliphatic rings. The van der Waals surface area contributed by atoms with E-state index in [1.54, 1.807) is 18.9 Å². The lowest BCUT2D eigenvalue weighted by Gasteiger charge is -2.11. The summed E-state index contributed by atoms with van der Waals surface area (Å²) in [4.78, 5) is 1.19. The standard InChI is InChI=1S/C12H19NO2S/c1-9-6-11(15-3)4-5-12(9)16-8-10(14)7-13-2/h4-6,10,13-14H,7-8H2,1-3H3. The summed E-state index contributed by atoms with van der Waals surface area (Å²) in [6.07, 6.45) is -0.309. The molecule has 0 bridgehead atoms. The number of thioether (sulfide) groups is 1. The van der Waals surface area contributed by atoms with Crippen molar-refractivity contribution < 1.29 is 9.84 Å². The molecule has 0 radical (unpaired) electrons. The van der Waals surface area contributed by atoms with E-state index in [1.807, 2.05) is 25.2 Å². The summed E-state index contributed by atoms with van der Waals surface area (Å²) in [6, 6.07) is 5.98. The fourth-order valence-corrected chi connectivity index (χ4v) is 2.33. The zero-order valence-electron chi connectivity index (χ0n) is 9.99. The van der Waals surface area contributed by atoms with Crippen LogP contribution in [0.2, 0.25) is 0 Å². The van der Waals surface area contributed by atoms with Crippen LogP contribution in [0.1, 0.15) is 5.56 Å². The Morgan fingerprint density at radius 1 is 1.50 bits per heavy atom. The molecule has 4 heteroatoms. The van der Waals surface area contributed by atoms with E-state index in [1.165, 1.54) is 10.5 Å². The topological polar surface area (TPSA) is 41.5 Å². The highest BCUT2D eigenvalue weighted by Crippen LogP contribution is 2.26. The molecule has 0 saturated heterocycles. The van der Waals surface area contributed by atoms with E-state index in [0.29, 0.717) is 12.3 Å². The van der Waals surface area contributed by atoms with Crippen LogP contribution in [0.3, 0.4) is 0 Å².